The third-order valence-electron chi connectivity index (χ3n) is 16.5. The van der Waals surface area contributed by atoms with Crippen LogP contribution in [-0.2, 0) is 27.1 Å². The van der Waals surface area contributed by atoms with Crippen LogP contribution < -0.4 is 20.6 Å². The number of aromatic nitrogens is 1. The molecule has 0 unspecified atom stereocenters. The van der Waals surface area contributed by atoms with Gasteiger partial charge in [-0.15, -0.1) is 0 Å². The van der Waals surface area contributed by atoms with E-state index in [1.807, 2.05) is 0 Å². The first-order valence-electron chi connectivity index (χ1n) is 26.6. The molecule has 3 nitrogen and oxygen atoms in total. The normalized spacial score (nSPS) is 15.0. The Kier molecular flexibility index (Phi) is 10.3. The van der Waals surface area contributed by atoms with Gasteiger partial charge in [0.2, 0.25) is 0 Å². The van der Waals surface area contributed by atoms with Crippen LogP contribution in [0.3, 0.4) is 0 Å². The molecular weight excluding hydrogens is 882 g/mol. The molecule has 0 N–H and O–H groups in total. The summed E-state index contributed by atoms with van der Waals surface area (Å²) in [5, 5.41) is 2.55. The molecule has 364 valence electrons. The monoisotopic (exact) mass is 952 g/mol. The van der Waals surface area contributed by atoms with Crippen LogP contribution in [0.5, 0.6) is 0 Å². The Labute approximate surface area is 435 Å². The van der Waals surface area contributed by atoms with Crippen LogP contribution in [0.25, 0.3) is 49.9 Å². The molecule has 2 aliphatic heterocycles. The van der Waals surface area contributed by atoms with E-state index in [1.165, 1.54) is 105 Å². The molecule has 1 aliphatic carbocycles. The second-order valence-electron chi connectivity index (χ2n) is 25.9. The fourth-order valence-corrected chi connectivity index (χ4v) is 12.5. The molecule has 3 aliphatic rings. The zero-order valence-corrected chi connectivity index (χ0v) is 45.6. The molecule has 1 aromatic heterocycles. The summed E-state index contributed by atoms with van der Waals surface area (Å²) < 4.78 is 2.67. The van der Waals surface area contributed by atoms with E-state index in [0.717, 1.165) is 17.1 Å². The van der Waals surface area contributed by atoms with Crippen molar-refractivity contribution < 1.29 is 0 Å². The number of hydrogen-bond donors (Lipinski definition) is 0. The van der Waals surface area contributed by atoms with Gasteiger partial charge in [-0.2, -0.15) is 0 Å². The van der Waals surface area contributed by atoms with E-state index >= 15 is 0 Å². The van der Waals surface area contributed by atoms with Crippen molar-refractivity contribution in [1.29, 1.82) is 0 Å². The Balaban J connectivity index is 1.21. The Morgan fingerprint density at radius 3 is 1.71 bits per heavy atom. The van der Waals surface area contributed by atoms with Gasteiger partial charge in [0.1, 0.15) is 0 Å². The lowest BCUT2D eigenvalue weighted by atomic mass is 9.43. The number of para-hydroxylation sites is 2. The van der Waals surface area contributed by atoms with Gasteiger partial charge in [0, 0.05) is 55.8 Å². The molecule has 0 atom stereocenters. The molecule has 0 radical (unpaired) electrons. The van der Waals surface area contributed by atoms with Crippen LogP contribution in [0, 0.1) is 0 Å². The Morgan fingerprint density at radius 2 is 1.05 bits per heavy atom. The van der Waals surface area contributed by atoms with E-state index < -0.39 is 0 Å². The van der Waals surface area contributed by atoms with E-state index in [-0.39, 0.29) is 33.9 Å². The lowest BCUT2D eigenvalue weighted by Gasteiger charge is -2.44. The Bertz CT molecular complexity index is 3730. The minimum Gasteiger partial charge on any atom is -0.376 e. The van der Waals surface area contributed by atoms with Crippen LogP contribution in [0.15, 0.2) is 170 Å². The minimum atomic E-state index is -0.270. The molecule has 0 amide bonds. The minimum absolute atomic E-state index is 0.0155. The fourth-order valence-electron chi connectivity index (χ4n) is 12.5. The highest BCUT2D eigenvalue weighted by molar-refractivity contribution is 6.94. The maximum absolute atomic E-state index is 2.79. The highest BCUT2D eigenvalue weighted by Crippen LogP contribution is 2.57. The number of nitrogens with zero attached hydrogens (tertiary/aromatic N) is 3. The van der Waals surface area contributed by atoms with Gasteiger partial charge in [-0.05, 0) is 144 Å². The van der Waals surface area contributed by atoms with E-state index in [0.29, 0.717) is 0 Å². The zero-order valence-electron chi connectivity index (χ0n) is 45.6. The van der Waals surface area contributed by atoms with Crippen molar-refractivity contribution in [3.05, 3.63) is 209 Å². The molecule has 0 bridgehead atoms. The molecule has 8 aromatic carbocycles. The fraction of sp³-hybridized carbons (Fsp3) is 0.275. The average Bonchev–Trinajstić information content (AvgIpc) is 3.80. The topological polar surface area (TPSA) is 11.4 Å². The number of benzene rings is 8. The van der Waals surface area contributed by atoms with Gasteiger partial charge in [0.05, 0.1) is 16.7 Å². The summed E-state index contributed by atoms with van der Waals surface area (Å²) in [4.78, 5) is 5.25. The van der Waals surface area contributed by atoms with Gasteiger partial charge in [0.15, 0.2) is 0 Å². The average molecular weight is 952 g/mol. The predicted molar refractivity (Wildman–Crippen MR) is 316 cm³/mol. The van der Waals surface area contributed by atoms with Crippen molar-refractivity contribution in [2.24, 2.45) is 0 Å². The molecule has 0 saturated carbocycles. The van der Waals surface area contributed by atoms with Gasteiger partial charge >= 0.3 is 6.85 Å². The van der Waals surface area contributed by atoms with Crippen LogP contribution in [0.1, 0.15) is 136 Å². The van der Waals surface area contributed by atoms with Gasteiger partial charge in [-0.1, -0.05) is 200 Å². The lowest BCUT2D eigenvalue weighted by molar-refractivity contribution is 0.588. The molecule has 0 spiro atoms. The zero-order chi connectivity index (χ0) is 51.3. The smallest absolute Gasteiger partial charge is 0.333 e. The van der Waals surface area contributed by atoms with Gasteiger partial charge < -0.3 is 14.3 Å². The quantitative estimate of drug-likeness (QED) is 0.159. The van der Waals surface area contributed by atoms with Crippen LogP contribution >= 0.6 is 0 Å². The Hall–Kier alpha value is -7.04. The highest BCUT2D eigenvalue weighted by atomic mass is 15.1. The molecule has 0 fully saturated rings. The van der Waals surface area contributed by atoms with Crippen LogP contribution in [-0.4, -0.2) is 11.4 Å². The van der Waals surface area contributed by atoms with E-state index in [1.54, 1.807) is 0 Å². The van der Waals surface area contributed by atoms with Crippen molar-refractivity contribution in [3.8, 4) is 16.8 Å². The van der Waals surface area contributed by atoms with Crippen molar-refractivity contribution in [2.75, 3.05) is 9.71 Å². The van der Waals surface area contributed by atoms with Crippen LogP contribution in [0.4, 0.5) is 22.7 Å². The summed E-state index contributed by atoms with van der Waals surface area (Å²) in [6.07, 6.45) is 0. The number of hydrogen-bond acceptors (Lipinski definition) is 2. The van der Waals surface area contributed by atoms with Crippen molar-refractivity contribution in [1.82, 2.24) is 4.57 Å². The third-order valence-corrected chi connectivity index (χ3v) is 16.5. The molecule has 12 rings (SSSR count). The van der Waals surface area contributed by atoms with Gasteiger partial charge in [-0.25, -0.2) is 0 Å². The predicted octanol–water partition coefficient (Wildman–Crippen LogP) is 17.2. The molecule has 3 heterocycles. The molecule has 9 aromatic rings. The van der Waals surface area contributed by atoms with E-state index in [2.05, 4.69) is 281 Å². The largest absolute Gasteiger partial charge is 0.376 e. The summed E-state index contributed by atoms with van der Waals surface area (Å²) >= 11 is 0. The number of rotatable bonds is 5. The first kappa shape index (κ1) is 47.0. The summed E-state index contributed by atoms with van der Waals surface area (Å²) in [6, 6.07) is 65.2. The maximum Gasteiger partial charge on any atom is 0.333 e. The summed E-state index contributed by atoms with van der Waals surface area (Å²) in [7, 11) is 0. The van der Waals surface area contributed by atoms with Crippen molar-refractivity contribution in [3.63, 3.8) is 0 Å². The first-order chi connectivity index (χ1) is 34.5. The summed E-state index contributed by atoms with van der Waals surface area (Å²) in [5.41, 5.74) is 25.4. The van der Waals surface area contributed by atoms with Crippen LogP contribution in [0.2, 0.25) is 0 Å². The highest BCUT2D eigenvalue weighted by Gasteiger charge is 2.52. The van der Waals surface area contributed by atoms with E-state index in [9.17, 15) is 0 Å². The SMILES string of the molecule is CC(C)(C)c1ccc(N2B3c4c(cc(C(C)(C)C)cc4-n4c5ccc(N(c6ccccc6)c6ccccc6-c6ccccc6)cc5c5cc(C(C)(C)C)cc3c54)C3=C2c2cc(C(C)(C)C)ccc2C3(C)C)cc1. The first-order valence-corrected chi connectivity index (χ1v) is 26.6. The molecule has 73 heavy (non-hydrogen) atoms. The molecule has 0 saturated heterocycles. The second kappa shape index (κ2) is 16.0. The summed E-state index contributed by atoms with van der Waals surface area (Å²) in [6.45, 7) is 33.2. The van der Waals surface area contributed by atoms with Crippen molar-refractivity contribution in [2.45, 2.75) is 124 Å². The lowest BCUT2D eigenvalue weighted by Crippen LogP contribution is -2.62. The maximum atomic E-state index is 2.79. The van der Waals surface area contributed by atoms with Crippen molar-refractivity contribution >= 4 is 73.6 Å². The van der Waals surface area contributed by atoms with E-state index in [4.69, 9.17) is 0 Å². The molecular formula is C69H70BN3. The summed E-state index contributed by atoms with van der Waals surface area (Å²) in [5.74, 6) is 0. The number of allylic oxidation sites excluding steroid dienone is 1. The second-order valence-corrected chi connectivity index (χ2v) is 25.9. The third kappa shape index (κ3) is 7.29. The Morgan fingerprint density at radius 1 is 0.466 bits per heavy atom. The standard InChI is InChI=1S/C69H70BN3/c1-65(2,3)44-29-32-49(33-30-44)73-64-54-37-45(66(4,5)6)31-35-56(54)69(13,14)61(64)55-39-47(68(10,11)12)41-60-62(55)70(73)57-40-46(67(7,8)9)38-53-52-42-50(34-36-59(52)72(60)63(53)57)71(48-25-19-16-20-26-48)58-28-22-21-27-51(58)43-23-17-15-18-24-43/h15-42H,1-14H3. The van der Waals surface area contributed by atoms with Gasteiger partial charge in [0.25, 0.3) is 0 Å². The molecule has 4 heteroatoms. The van der Waals surface area contributed by atoms with Gasteiger partial charge in [-0.3, -0.25) is 0 Å². The number of anilines is 4. The number of fused-ring (bicyclic) bond motifs is 8.